The van der Waals surface area contributed by atoms with Gasteiger partial charge in [0.05, 0.1) is 11.6 Å². The average molecular weight is 662 g/mol. The normalized spacial score (nSPS) is 16.1. The standard InChI is InChI=1S/C38H35N3O4S2/c1-24-9-8-12-26(21-24)22-45-30-19-15-28(16-20-30)33(42)31-32(27-13-17-29(18-14-27)38(2,3)4)41(35(44)34(31)43)36-39-40-37(47-36)46-23-25-10-6-5-7-11-25/h5-21,32,42H,22-23H2,1-4H3/b33-31+. The predicted molar refractivity (Wildman–Crippen MR) is 188 cm³/mol. The number of nitrogens with zero attached hydrogens (tertiary/aromatic N) is 3. The Hall–Kier alpha value is -4.73. The largest absolute Gasteiger partial charge is 0.507 e. The number of carbonyl (C=O) groups excluding carboxylic acids is 2. The third-order valence-corrected chi connectivity index (χ3v) is 10.1. The highest BCUT2D eigenvalue weighted by atomic mass is 32.2. The number of hydrogen-bond donors (Lipinski definition) is 1. The van der Waals surface area contributed by atoms with Crippen LogP contribution in [-0.4, -0.2) is 27.0 Å². The van der Waals surface area contributed by atoms with Gasteiger partial charge in [-0.1, -0.05) is 128 Å². The molecule has 1 amide bonds. The zero-order chi connectivity index (χ0) is 33.1. The number of benzene rings is 4. The van der Waals surface area contributed by atoms with Gasteiger partial charge in [-0.15, -0.1) is 10.2 Å². The van der Waals surface area contributed by atoms with Crippen molar-refractivity contribution in [3.63, 3.8) is 0 Å². The van der Waals surface area contributed by atoms with Crippen molar-refractivity contribution in [2.24, 2.45) is 0 Å². The van der Waals surface area contributed by atoms with Crippen LogP contribution in [-0.2, 0) is 27.4 Å². The van der Waals surface area contributed by atoms with Crippen molar-refractivity contribution in [2.75, 3.05) is 4.90 Å². The molecule has 1 aromatic heterocycles. The second-order valence-electron chi connectivity index (χ2n) is 12.5. The van der Waals surface area contributed by atoms with E-state index in [1.807, 2.05) is 79.7 Å². The van der Waals surface area contributed by atoms with E-state index in [9.17, 15) is 14.7 Å². The minimum Gasteiger partial charge on any atom is -0.507 e. The van der Waals surface area contributed by atoms with E-state index < -0.39 is 17.7 Å². The van der Waals surface area contributed by atoms with Crippen LogP contribution in [0.5, 0.6) is 5.75 Å². The van der Waals surface area contributed by atoms with Crippen molar-refractivity contribution in [3.05, 3.63) is 142 Å². The molecule has 0 bridgehead atoms. The minimum absolute atomic E-state index is 0.000580. The van der Waals surface area contributed by atoms with Gasteiger partial charge < -0.3 is 9.84 Å². The van der Waals surface area contributed by atoms with Crippen molar-refractivity contribution >= 4 is 45.7 Å². The first-order valence-electron chi connectivity index (χ1n) is 15.3. The monoisotopic (exact) mass is 661 g/mol. The summed E-state index contributed by atoms with van der Waals surface area (Å²) in [6.07, 6.45) is 0. The molecule has 0 radical (unpaired) electrons. The summed E-state index contributed by atoms with van der Waals surface area (Å²) < 4.78 is 6.63. The topological polar surface area (TPSA) is 92.6 Å². The SMILES string of the molecule is Cc1cccc(COc2ccc(/C(O)=C3\C(=O)C(=O)N(c4nnc(SCc5ccccc5)s4)C3c3ccc(C(C)(C)C)cc3)cc2)c1. The second-order valence-corrected chi connectivity index (χ2v) is 14.6. The molecule has 1 aliphatic heterocycles. The lowest BCUT2D eigenvalue weighted by Crippen LogP contribution is -2.29. The van der Waals surface area contributed by atoms with E-state index in [4.69, 9.17) is 4.74 Å². The predicted octanol–water partition coefficient (Wildman–Crippen LogP) is 8.64. The molecule has 1 fully saturated rings. The summed E-state index contributed by atoms with van der Waals surface area (Å²) in [7, 11) is 0. The van der Waals surface area contributed by atoms with Crippen molar-refractivity contribution in [3.8, 4) is 5.75 Å². The average Bonchev–Trinajstić information content (AvgIpc) is 3.64. The molecule has 1 unspecified atom stereocenters. The van der Waals surface area contributed by atoms with Crippen LogP contribution in [0.25, 0.3) is 5.76 Å². The summed E-state index contributed by atoms with van der Waals surface area (Å²) in [5.41, 5.74) is 5.45. The first kappa shape index (κ1) is 32.2. The number of aliphatic hydroxyl groups excluding tert-OH is 1. The van der Waals surface area contributed by atoms with Gasteiger partial charge >= 0.3 is 5.91 Å². The second kappa shape index (κ2) is 13.6. The van der Waals surface area contributed by atoms with E-state index >= 15 is 0 Å². The molecular formula is C38H35N3O4S2. The lowest BCUT2D eigenvalue weighted by Gasteiger charge is -2.24. The summed E-state index contributed by atoms with van der Waals surface area (Å²) >= 11 is 2.76. The first-order valence-corrected chi connectivity index (χ1v) is 17.1. The van der Waals surface area contributed by atoms with Crippen LogP contribution in [0.3, 0.4) is 0 Å². The van der Waals surface area contributed by atoms with E-state index in [1.54, 1.807) is 24.3 Å². The van der Waals surface area contributed by atoms with E-state index in [0.717, 1.165) is 22.3 Å². The first-order chi connectivity index (χ1) is 22.6. The molecule has 7 nitrogen and oxygen atoms in total. The van der Waals surface area contributed by atoms with Crippen LogP contribution >= 0.6 is 23.1 Å². The fourth-order valence-electron chi connectivity index (χ4n) is 5.42. The summed E-state index contributed by atoms with van der Waals surface area (Å²) in [5.74, 6) is -0.487. The van der Waals surface area contributed by atoms with Gasteiger partial charge in [0, 0.05) is 11.3 Å². The Balaban J connectivity index is 1.33. The van der Waals surface area contributed by atoms with E-state index in [-0.39, 0.29) is 16.7 Å². The van der Waals surface area contributed by atoms with E-state index in [0.29, 0.717) is 38.7 Å². The maximum Gasteiger partial charge on any atom is 0.301 e. The number of carbonyl (C=O) groups is 2. The molecule has 1 aliphatic rings. The van der Waals surface area contributed by atoms with E-state index in [1.165, 1.54) is 28.0 Å². The molecule has 0 spiro atoms. The van der Waals surface area contributed by atoms with Crippen molar-refractivity contribution in [2.45, 2.75) is 55.9 Å². The molecule has 1 N–H and O–H groups in total. The van der Waals surface area contributed by atoms with Crippen LogP contribution in [0, 0.1) is 6.92 Å². The summed E-state index contributed by atoms with van der Waals surface area (Å²) in [4.78, 5) is 28.8. The molecular weight excluding hydrogens is 627 g/mol. The molecule has 238 valence electrons. The fourth-order valence-corrected chi connectivity index (χ4v) is 7.24. The maximum absolute atomic E-state index is 13.7. The highest BCUT2D eigenvalue weighted by Gasteiger charge is 2.48. The van der Waals surface area contributed by atoms with Crippen LogP contribution in [0.15, 0.2) is 113 Å². The fraction of sp³-hybridized carbons (Fsp3) is 0.211. The number of aliphatic hydroxyl groups is 1. The molecule has 47 heavy (non-hydrogen) atoms. The third kappa shape index (κ3) is 7.16. The van der Waals surface area contributed by atoms with Crippen molar-refractivity contribution < 1.29 is 19.4 Å². The van der Waals surface area contributed by atoms with Crippen LogP contribution < -0.4 is 9.64 Å². The number of aromatic nitrogens is 2. The zero-order valence-electron chi connectivity index (χ0n) is 26.6. The van der Waals surface area contributed by atoms with Gasteiger partial charge in [0.1, 0.15) is 18.1 Å². The molecule has 6 rings (SSSR count). The van der Waals surface area contributed by atoms with Crippen molar-refractivity contribution in [1.82, 2.24) is 10.2 Å². The van der Waals surface area contributed by atoms with Crippen LogP contribution in [0.1, 0.15) is 60.2 Å². The highest BCUT2D eigenvalue weighted by molar-refractivity contribution is 8.00. The summed E-state index contributed by atoms with van der Waals surface area (Å²) in [5, 5.41) is 20.6. The summed E-state index contributed by atoms with van der Waals surface area (Å²) in [6.45, 7) is 8.80. The summed E-state index contributed by atoms with van der Waals surface area (Å²) in [6, 6.07) is 31.9. The molecule has 2 heterocycles. The Morgan fingerprint density at radius 3 is 2.28 bits per heavy atom. The van der Waals surface area contributed by atoms with Gasteiger partial charge in [-0.25, -0.2) is 0 Å². The molecule has 1 atom stereocenters. The molecule has 1 saturated heterocycles. The molecule has 4 aromatic carbocycles. The van der Waals surface area contributed by atoms with Gasteiger partial charge in [-0.2, -0.15) is 0 Å². The maximum atomic E-state index is 13.7. The number of thioether (sulfide) groups is 1. The van der Waals surface area contributed by atoms with Gasteiger partial charge in [-0.3, -0.25) is 14.5 Å². The Morgan fingerprint density at radius 1 is 0.894 bits per heavy atom. The molecule has 5 aromatic rings. The van der Waals surface area contributed by atoms with Crippen LogP contribution in [0.4, 0.5) is 5.13 Å². The number of hydrogen-bond acceptors (Lipinski definition) is 8. The number of ketones is 1. The molecule has 9 heteroatoms. The number of ether oxygens (including phenoxy) is 1. The minimum atomic E-state index is -0.888. The quantitative estimate of drug-likeness (QED) is 0.0556. The highest BCUT2D eigenvalue weighted by Crippen LogP contribution is 2.44. The van der Waals surface area contributed by atoms with E-state index in [2.05, 4.69) is 37.0 Å². The number of Topliss-reactive ketones (excluding diaryl/α,β-unsaturated/α-hetero) is 1. The van der Waals surface area contributed by atoms with Gasteiger partial charge in [-0.05, 0) is 58.9 Å². The Bertz CT molecular complexity index is 1930. The van der Waals surface area contributed by atoms with Gasteiger partial charge in [0.15, 0.2) is 4.34 Å². The number of aryl methyl sites for hydroxylation is 1. The number of anilines is 1. The zero-order valence-corrected chi connectivity index (χ0v) is 28.3. The molecule has 0 aliphatic carbocycles. The smallest absolute Gasteiger partial charge is 0.301 e. The lowest BCUT2D eigenvalue weighted by atomic mass is 9.85. The van der Waals surface area contributed by atoms with Gasteiger partial charge in [0.25, 0.3) is 5.78 Å². The molecule has 0 saturated carbocycles. The van der Waals surface area contributed by atoms with Gasteiger partial charge in [0.2, 0.25) is 5.13 Å². The Morgan fingerprint density at radius 2 is 1.60 bits per heavy atom. The number of amides is 1. The lowest BCUT2D eigenvalue weighted by molar-refractivity contribution is -0.132. The Kier molecular flexibility index (Phi) is 9.29. The Labute approximate surface area is 283 Å². The van der Waals surface area contributed by atoms with Crippen molar-refractivity contribution in [1.29, 1.82) is 0 Å². The number of rotatable bonds is 9. The third-order valence-electron chi connectivity index (χ3n) is 7.96. The van der Waals surface area contributed by atoms with Crippen LogP contribution in [0.2, 0.25) is 0 Å².